The van der Waals surface area contributed by atoms with Crippen LogP contribution in [-0.2, 0) is 46.4 Å². The molecule has 3 aromatic rings. The first kappa shape index (κ1) is 48.9. The maximum atomic E-state index is 14.1. The number of aliphatic hydroxyl groups is 1. The van der Waals surface area contributed by atoms with Crippen molar-refractivity contribution in [3.63, 3.8) is 0 Å². The number of aliphatic hydroxyl groups excluding tert-OH is 1. The van der Waals surface area contributed by atoms with Gasteiger partial charge in [-0.15, -0.1) is 0 Å². The van der Waals surface area contributed by atoms with E-state index in [1.165, 1.54) is 0 Å². The number of benzene rings is 3. The highest BCUT2D eigenvalue weighted by molar-refractivity contribution is 6.09. The Morgan fingerprint density at radius 2 is 0.885 bits per heavy atom. The van der Waals surface area contributed by atoms with Crippen molar-refractivity contribution in [2.24, 2.45) is 29.0 Å². The molecular formula is C44H58N8O9. The lowest BCUT2D eigenvalue weighted by atomic mass is 9.97. The molecule has 0 fully saturated rings. The van der Waals surface area contributed by atoms with Gasteiger partial charge in [0, 0.05) is 24.0 Å². The van der Waals surface area contributed by atoms with Crippen molar-refractivity contribution in [1.82, 2.24) is 26.6 Å². The van der Waals surface area contributed by atoms with Gasteiger partial charge in [0.2, 0.25) is 41.4 Å². The highest BCUT2D eigenvalue weighted by Crippen LogP contribution is 2.15. The van der Waals surface area contributed by atoms with E-state index >= 15 is 0 Å². The van der Waals surface area contributed by atoms with Crippen LogP contribution < -0.4 is 43.8 Å². The smallest absolute Gasteiger partial charge is 0.243 e. The average molecular weight is 843 g/mol. The zero-order valence-corrected chi connectivity index (χ0v) is 34.9. The third-order valence-corrected chi connectivity index (χ3v) is 9.52. The third kappa shape index (κ3) is 16.3. The van der Waals surface area contributed by atoms with Gasteiger partial charge < -0.3 is 48.9 Å². The van der Waals surface area contributed by atoms with Gasteiger partial charge in [0.15, 0.2) is 5.78 Å². The van der Waals surface area contributed by atoms with Crippen molar-refractivity contribution in [2.45, 2.75) is 96.1 Å². The molecule has 0 radical (unpaired) electrons. The van der Waals surface area contributed by atoms with Gasteiger partial charge >= 0.3 is 0 Å². The molecule has 7 amide bonds. The van der Waals surface area contributed by atoms with Crippen molar-refractivity contribution in [1.29, 1.82) is 0 Å². The number of hydrogen-bond acceptors (Lipinski definition) is 10. The minimum atomic E-state index is -1.49. The molecule has 0 aliphatic heterocycles. The largest absolute Gasteiger partial charge is 0.394 e. The second kappa shape index (κ2) is 24.0. The van der Waals surface area contributed by atoms with Crippen LogP contribution >= 0.6 is 0 Å². The van der Waals surface area contributed by atoms with Gasteiger partial charge in [0.05, 0.1) is 13.0 Å². The summed E-state index contributed by atoms with van der Waals surface area (Å²) in [6.45, 7) is 6.64. The fourth-order valence-corrected chi connectivity index (χ4v) is 6.33. The molecule has 0 unspecified atom stereocenters. The van der Waals surface area contributed by atoms with Crippen LogP contribution in [-0.4, -0.2) is 95.1 Å². The molecule has 6 atom stereocenters. The van der Waals surface area contributed by atoms with Crippen LogP contribution in [0.1, 0.15) is 74.0 Å². The summed E-state index contributed by atoms with van der Waals surface area (Å²) < 4.78 is 0. The number of nitrogens with two attached hydrogens (primary N) is 3. The standard InChI is InChI=1S/C44H58N8O9/c1-25(2)19-33(51-44(61)35(49-40(57)31(45)24-53)21-27-11-7-5-8-12-27)41(58)50-34(20-26(3)4)42(59)52-36(43(60)48-32(39(47)56)23-37(46)54)22-28-15-17-30(18-16-28)38(55)29-13-9-6-10-14-29/h5-18,25-26,31-36,53H,19-24,45H2,1-4H3,(H2,46,54)(H2,47,56)(H,48,60)(H,49,57)(H,50,58)(H,51,61)(H,52,59)/t31-,32-,33-,34-,35-,36-/m0/s1. The fourth-order valence-electron chi connectivity index (χ4n) is 6.33. The number of nitrogens with one attached hydrogen (secondary N) is 5. The van der Waals surface area contributed by atoms with Gasteiger partial charge in [-0.1, -0.05) is 113 Å². The van der Waals surface area contributed by atoms with E-state index in [0.29, 0.717) is 22.3 Å². The Balaban J connectivity index is 1.90. The van der Waals surface area contributed by atoms with Crippen LogP contribution in [0.15, 0.2) is 84.9 Å². The van der Waals surface area contributed by atoms with Gasteiger partial charge in [0.1, 0.15) is 36.3 Å². The summed E-state index contributed by atoms with van der Waals surface area (Å²) in [6, 6.07) is 16.0. The minimum Gasteiger partial charge on any atom is -0.394 e. The number of hydrogen-bond donors (Lipinski definition) is 9. The Labute approximate surface area is 355 Å². The predicted molar refractivity (Wildman–Crippen MR) is 227 cm³/mol. The molecule has 12 N–H and O–H groups in total. The van der Waals surface area contributed by atoms with Crippen LogP contribution in [0, 0.1) is 11.8 Å². The van der Waals surface area contributed by atoms with E-state index in [2.05, 4.69) is 26.6 Å². The van der Waals surface area contributed by atoms with E-state index in [-0.39, 0.29) is 43.3 Å². The molecule has 328 valence electrons. The lowest BCUT2D eigenvalue weighted by molar-refractivity contribution is -0.135. The number of carbonyl (C=O) groups excluding carboxylic acids is 8. The lowest BCUT2D eigenvalue weighted by Gasteiger charge is -2.28. The summed E-state index contributed by atoms with van der Waals surface area (Å²) in [5.41, 5.74) is 18.5. The maximum absolute atomic E-state index is 14.1. The summed E-state index contributed by atoms with van der Waals surface area (Å²) in [6.07, 6.45) is -0.476. The SMILES string of the molecule is CC(C)C[C@H](NC(=O)[C@H](CC(C)C)NC(=O)[C@H](Cc1ccccc1)NC(=O)[C@@H](N)CO)C(=O)N[C@@H](Cc1ccc(C(=O)c2ccccc2)cc1)C(=O)N[C@@H](CC(N)=O)C(N)=O. The number of rotatable bonds is 24. The molecule has 0 aromatic heterocycles. The fraction of sp³-hybridized carbons (Fsp3) is 0.409. The van der Waals surface area contributed by atoms with E-state index in [1.54, 1.807) is 84.9 Å². The molecule has 17 nitrogen and oxygen atoms in total. The molecule has 0 spiro atoms. The van der Waals surface area contributed by atoms with Crippen LogP contribution in [0.2, 0.25) is 0 Å². The summed E-state index contributed by atoms with van der Waals surface area (Å²) in [4.78, 5) is 105. The van der Waals surface area contributed by atoms with Crippen LogP contribution in [0.5, 0.6) is 0 Å². The molecule has 0 heterocycles. The number of amides is 7. The Bertz CT molecular complexity index is 1980. The molecule has 0 saturated carbocycles. The van der Waals surface area contributed by atoms with Crippen LogP contribution in [0.25, 0.3) is 0 Å². The van der Waals surface area contributed by atoms with Crippen molar-refractivity contribution in [2.75, 3.05) is 6.61 Å². The summed E-state index contributed by atoms with van der Waals surface area (Å²) >= 11 is 0. The predicted octanol–water partition coefficient (Wildman–Crippen LogP) is -0.101. The van der Waals surface area contributed by atoms with Crippen molar-refractivity contribution in [3.8, 4) is 0 Å². The lowest BCUT2D eigenvalue weighted by Crippen LogP contribution is -2.60. The second-order valence-electron chi connectivity index (χ2n) is 15.7. The molecule has 0 bridgehead atoms. The third-order valence-electron chi connectivity index (χ3n) is 9.52. The van der Waals surface area contributed by atoms with E-state index in [0.717, 1.165) is 0 Å². The Morgan fingerprint density at radius 3 is 1.31 bits per heavy atom. The molecule has 0 aliphatic rings. The monoisotopic (exact) mass is 842 g/mol. The van der Waals surface area contributed by atoms with Crippen molar-refractivity contribution in [3.05, 3.63) is 107 Å². The first-order chi connectivity index (χ1) is 28.9. The van der Waals surface area contributed by atoms with Crippen molar-refractivity contribution < 1.29 is 43.5 Å². The molecule has 3 aromatic carbocycles. The average Bonchev–Trinajstić information content (AvgIpc) is 3.22. The Morgan fingerprint density at radius 1 is 0.508 bits per heavy atom. The maximum Gasteiger partial charge on any atom is 0.243 e. The van der Waals surface area contributed by atoms with Gasteiger partial charge in [-0.2, -0.15) is 0 Å². The topological polar surface area (TPSA) is 295 Å². The van der Waals surface area contributed by atoms with Crippen molar-refractivity contribution >= 4 is 47.1 Å². The number of primary amides is 2. The number of carbonyl (C=O) groups is 8. The quantitative estimate of drug-likeness (QED) is 0.0540. The zero-order chi connectivity index (χ0) is 45.2. The van der Waals surface area contributed by atoms with Crippen LogP contribution in [0.3, 0.4) is 0 Å². The first-order valence-electron chi connectivity index (χ1n) is 20.1. The Kier molecular flexibility index (Phi) is 19.2. The molecular weight excluding hydrogens is 785 g/mol. The van der Waals surface area contributed by atoms with E-state index in [1.807, 2.05) is 27.7 Å². The highest BCUT2D eigenvalue weighted by atomic mass is 16.3. The first-order valence-corrected chi connectivity index (χ1v) is 20.1. The second-order valence-corrected chi connectivity index (χ2v) is 15.7. The van der Waals surface area contributed by atoms with Crippen LogP contribution in [0.4, 0.5) is 0 Å². The van der Waals surface area contributed by atoms with E-state index in [9.17, 15) is 43.5 Å². The summed E-state index contributed by atoms with van der Waals surface area (Å²) in [7, 11) is 0. The molecule has 0 aliphatic carbocycles. The minimum absolute atomic E-state index is 0.0382. The normalized spacial score (nSPS) is 14.0. The molecule has 3 rings (SSSR count). The molecule has 61 heavy (non-hydrogen) atoms. The van der Waals surface area contributed by atoms with Gasteiger partial charge in [-0.05, 0) is 35.8 Å². The van der Waals surface area contributed by atoms with Gasteiger partial charge in [-0.3, -0.25) is 38.4 Å². The Hall–Kier alpha value is -6.46. The highest BCUT2D eigenvalue weighted by Gasteiger charge is 2.34. The van der Waals surface area contributed by atoms with Gasteiger partial charge in [0.25, 0.3) is 0 Å². The summed E-state index contributed by atoms with van der Waals surface area (Å²) in [5, 5.41) is 22.5. The van der Waals surface area contributed by atoms with Gasteiger partial charge in [-0.25, -0.2) is 0 Å². The van der Waals surface area contributed by atoms with E-state index < -0.39 is 90.6 Å². The molecule has 17 heteroatoms. The van der Waals surface area contributed by atoms with E-state index in [4.69, 9.17) is 17.2 Å². The zero-order valence-electron chi connectivity index (χ0n) is 34.9. The number of ketones is 1. The molecule has 0 saturated heterocycles. The summed E-state index contributed by atoms with van der Waals surface area (Å²) in [5.74, 6) is -6.31.